The molecule has 3 rings (SSSR count). The lowest BCUT2D eigenvalue weighted by molar-refractivity contribution is -0.121. The molecule has 0 radical (unpaired) electrons. The number of carbonyl (C=O) groups excluding carboxylic acids is 2. The molecule has 0 bridgehead atoms. The maximum absolute atomic E-state index is 12.4. The van der Waals surface area contributed by atoms with E-state index in [0.717, 1.165) is 33.8 Å². The Hall–Kier alpha value is -3.83. The fraction of sp³-hybridized carbons (Fsp3) is 0.308. The molecule has 9 heteroatoms. The molecule has 0 fully saturated rings. The summed E-state index contributed by atoms with van der Waals surface area (Å²) in [4.78, 5) is 24.6. The first-order valence-corrected chi connectivity index (χ1v) is 11.6. The number of hydrazine groups is 1. The van der Waals surface area contributed by atoms with Crippen molar-refractivity contribution in [3.05, 3.63) is 81.1 Å². The van der Waals surface area contributed by atoms with Crippen LogP contribution < -0.4 is 15.6 Å². The van der Waals surface area contributed by atoms with Crippen LogP contribution in [0, 0.1) is 32.1 Å². The number of aryl methyl sites for hydroxylation is 3. The van der Waals surface area contributed by atoms with Crippen molar-refractivity contribution in [2.45, 2.75) is 53.2 Å². The maximum Gasteiger partial charge on any atom is 0.269 e. The number of carbonyl (C=O) groups is 2. The largest absolute Gasteiger partial charge is 0.489 e. The van der Waals surface area contributed by atoms with E-state index < -0.39 is 5.91 Å². The van der Waals surface area contributed by atoms with Gasteiger partial charge in [-0.25, -0.2) is 0 Å². The molecule has 0 saturated heterocycles. The van der Waals surface area contributed by atoms with E-state index in [9.17, 15) is 9.59 Å². The van der Waals surface area contributed by atoms with Crippen LogP contribution in [0.3, 0.4) is 0 Å². The summed E-state index contributed by atoms with van der Waals surface area (Å²) in [6.07, 6.45) is 1.07. The number of rotatable bonds is 9. The summed E-state index contributed by atoms with van der Waals surface area (Å²) in [6.45, 7) is 6.60. The highest BCUT2D eigenvalue weighted by molar-refractivity contribution is 6.31. The van der Waals surface area contributed by atoms with Gasteiger partial charge in [0, 0.05) is 22.7 Å². The smallest absolute Gasteiger partial charge is 0.269 e. The topological polar surface area (TPSA) is 109 Å². The zero-order valence-electron chi connectivity index (χ0n) is 20.0. The van der Waals surface area contributed by atoms with E-state index in [1.54, 1.807) is 35.0 Å². The van der Waals surface area contributed by atoms with Crippen LogP contribution in [0.15, 0.2) is 42.5 Å². The van der Waals surface area contributed by atoms with Crippen LogP contribution in [0.4, 0.5) is 0 Å². The number of amides is 2. The number of hydrogen-bond acceptors (Lipinski definition) is 5. The lowest BCUT2D eigenvalue weighted by Crippen LogP contribution is -2.41. The molecule has 2 N–H and O–H groups in total. The van der Waals surface area contributed by atoms with E-state index in [1.807, 2.05) is 32.9 Å². The number of nitrogens with one attached hydrogen (secondary N) is 2. The molecule has 182 valence electrons. The molecule has 0 saturated carbocycles. The van der Waals surface area contributed by atoms with Gasteiger partial charge in [-0.2, -0.15) is 10.4 Å². The molecule has 0 aliphatic carbocycles. The number of benzene rings is 2. The van der Waals surface area contributed by atoms with Gasteiger partial charge in [-0.15, -0.1) is 0 Å². The first kappa shape index (κ1) is 25.8. The van der Waals surface area contributed by atoms with Crippen molar-refractivity contribution < 1.29 is 14.3 Å². The molecule has 0 spiro atoms. The van der Waals surface area contributed by atoms with Gasteiger partial charge in [-0.05, 0) is 74.2 Å². The van der Waals surface area contributed by atoms with Crippen molar-refractivity contribution in [3.8, 4) is 11.8 Å². The van der Waals surface area contributed by atoms with Crippen LogP contribution >= 0.6 is 11.6 Å². The van der Waals surface area contributed by atoms with Crippen molar-refractivity contribution in [3.63, 3.8) is 0 Å². The fourth-order valence-corrected chi connectivity index (χ4v) is 3.71. The second-order valence-electron chi connectivity index (χ2n) is 8.18. The van der Waals surface area contributed by atoms with E-state index in [2.05, 4.69) is 22.0 Å². The van der Waals surface area contributed by atoms with Gasteiger partial charge in [-0.3, -0.25) is 25.1 Å². The van der Waals surface area contributed by atoms with Crippen LogP contribution in [-0.4, -0.2) is 21.6 Å². The summed E-state index contributed by atoms with van der Waals surface area (Å²) < 4.78 is 7.56. The number of hydrogen-bond donors (Lipinski definition) is 2. The minimum absolute atomic E-state index is 0.201. The Labute approximate surface area is 209 Å². The average molecular weight is 494 g/mol. The molecule has 0 aliphatic rings. The average Bonchev–Trinajstić information content (AvgIpc) is 3.12. The lowest BCUT2D eigenvalue weighted by Gasteiger charge is -2.10. The summed E-state index contributed by atoms with van der Waals surface area (Å²) in [5.41, 5.74) is 9.94. The van der Waals surface area contributed by atoms with Gasteiger partial charge in [0.15, 0.2) is 0 Å². The Morgan fingerprint density at radius 1 is 1.11 bits per heavy atom. The van der Waals surface area contributed by atoms with Gasteiger partial charge in [0.1, 0.15) is 12.4 Å². The third kappa shape index (κ3) is 7.08. The van der Waals surface area contributed by atoms with Crippen molar-refractivity contribution in [2.75, 3.05) is 0 Å². The Balaban J connectivity index is 1.45. The second kappa shape index (κ2) is 12.0. The molecule has 1 aromatic heterocycles. The molecule has 0 atom stereocenters. The van der Waals surface area contributed by atoms with Crippen LogP contribution in [0.25, 0.3) is 0 Å². The first-order valence-electron chi connectivity index (χ1n) is 11.3. The minimum Gasteiger partial charge on any atom is -0.489 e. The van der Waals surface area contributed by atoms with E-state index >= 15 is 0 Å². The normalized spacial score (nSPS) is 10.5. The van der Waals surface area contributed by atoms with Crippen LogP contribution in [-0.2, 0) is 24.4 Å². The molecule has 8 nitrogen and oxygen atoms in total. The van der Waals surface area contributed by atoms with Gasteiger partial charge in [0.2, 0.25) is 5.91 Å². The van der Waals surface area contributed by atoms with E-state index in [4.69, 9.17) is 21.6 Å². The molecule has 1 heterocycles. The van der Waals surface area contributed by atoms with Gasteiger partial charge in [0.05, 0.1) is 24.7 Å². The van der Waals surface area contributed by atoms with Crippen molar-refractivity contribution >= 4 is 23.4 Å². The van der Waals surface area contributed by atoms with E-state index in [1.165, 1.54) is 0 Å². The maximum atomic E-state index is 12.4. The minimum atomic E-state index is -0.407. The van der Waals surface area contributed by atoms with E-state index in [0.29, 0.717) is 36.6 Å². The molecule has 0 unspecified atom stereocenters. The predicted octanol–water partition coefficient (Wildman–Crippen LogP) is 4.35. The van der Waals surface area contributed by atoms with E-state index in [-0.39, 0.29) is 12.3 Å². The Kier molecular flexibility index (Phi) is 8.87. The van der Waals surface area contributed by atoms with Crippen molar-refractivity contribution in [2.24, 2.45) is 0 Å². The summed E-state index contributed by atoms with van der Waals surface area (Å²) in [6, 6.07) is 14.5. The highest BCUT2D eigenvalue weighted by Gasteiger charge is 2.14. The molecule has 3 aromatic rings. The number of aromatic nitrogens is 2. The molecule has 2 aromatic carbocycles. The zero-order valence-corrected chi connectivity index (χ0v) is 20.8. The standard InChI is InChI=1S/C26H28ClN5O3/c1-17-15-22(9-11-24(17)27)35-16-20-5-7-21(8-6-20)26(34)30-29-25(33)12-10-23-18(2)31-32(19(23)3)14-4-13-28/h5-9,11,15H,4,10,12,14,16H2,1-3H3,(H,29,33)(H,30,34). The molecular formula is C26H28ClN5O3. The third-order valence-electron chi connectivity index (χ3n) is 5.64. The molecule has 0 aliphatic heterocycles. The summed E-state index contributed by atoms with van der Waals surface area (Å²) in [5, 5.41) is 13.9. The third-order valence-corrected chi connectivity index (χ3v) is 6.06. The summed E-state index contributed by atoms with van der Waals surface area (Å²) >= 11 is 6.03. The second-order valence-corrected chi connectivity index (χ2v) is 8.59. The summed E-state index contributed by atoms with van der Waals surface area (Å²) in [7, 11) is 0. The Morgan fingerprint density at radius 2 is 1.86 bits per heavy atom. The van der Waals surface area contributed by atoms with Gasteiger partial charge >= 0.3 is 0 Å². The van der Waals surface area contributed by atoms with Crippen LogP contribution in [0.2, 0.25) is 5.02 Å². The molecular weight excluding hydrogens is 466 g/mol. The summed E-state index contributed by atoms with van der Waals surface area (Å²) in [5.74, 6) is 0.0114. The molecule has 35 heavy (non-hydrogen) atoms. The number of halogens is 1. The first-order chi connectivity index (χ1) is 16.8. The Bertz CT molecular complexity index is 1250. The van der Waals surface area contributed by atoms with Crippen LogP contribution in [0.5, 0.6) is 5.75 Å². The zero-order chi connectivity index (χ0) is 25.4. The van der Waals surface area contributed by atoms with Gasteiger partial charge in [0.25, 0.3) is 5.91 Å². The SMILES string of the molecule is Cc1cc(OCc2ccc(C(=O)NNC(=O)CCc3c(C)nn(CCC#N)c3C)cc2)ccc1Cl. The van der Waals surface area contributed by atoms with Crippen molar-refractivity contribution in [1.29, 1.82) is 5.26 Å². The molecule has 2 amide bonds. The quantitative estimate of drug-likeness (QED) is 0.431. The Morgan fingerprint density at radius 3 is 2.54 bits per heavy atom. The lowest BCUT2D eigenvalue weighted by atomic mass is 10.1. The highest BCUT2D eigenvalue weighted by Crippen LogP contribution is 2.22. The number of ether oxygens (including phenoxy) is 1. The van der Waals surface area contributed by atoms with Gasteiger partial charge in [-0.1, -0.05) is 23.7 Å². The number of nitriles is 1. The fourth-order valence-electron chi connectivity index (χ4n) is 3.60. The van der Waals surface area contributed by atoms with Gasteiger partial charge < -0.3 is 4.74 Å². The number of nitrogens with zero attached hydrogens (tertiary/aromatic N) is 3. The van der Waals surface area contributed by atoms with Crippen molar-refractivity contribution in [1.82, 2.24) is 20.6 Å². The monoisotopic (exact) mass is 493 g/mol. The van der Waals surface area contributed by atoms with Crippen LogP contribution in [0.1, 0.15) is 51.3 Å². The predicted molar refractivity (Wildman–Crippen MR) is 133 cm³/mol. The highest BCUT2D eigenvalue weighted by atomic mass is 35.5.